The molecular formula is C20H19ClFN3S. The van der Waals surface area contributed by atoms with E-state index in [1.807, 2.05) is 78.4 Å². The van der Waals surface area contributed by atoms with Crippen LogP contribution in [0.25, 0.3) is 0 Å². The van der Waals surface area contributed by atoms with Crippen LogP contribution in [0.4, 0.5) is 10.1 Å². The van der Waals surface area contributed by atoms with Gasteiger partial charge in [0.1, 0.15) is 0 Å². The Kier molecular flexibility index (Phi) is 5.59. The van der Waals surface area contributed by atoms with E-state index in [1.165, 1.54) is 0 Å². The molecule has 3 aromatic rings. The van der Waals surface area contributed by atoms with Crippen LogP contribution in [-0.2, 0) is 6.54 Å². The van der Waals surface area contributed by atoms with Crippen molar-refractivity contribution in [1.82, 2.24) is 9.55 Å². The molecule has 26 heavy (non-hydrogen) atoms. The Bertz CT molecular complexity index is 951. The van der Waals surface area contributed by atoms with Gasteiger partial charge in [0.05, 0.1) is 30.0 Å². The number of halogens is 2. The zero-order valence-corrected chi connectivity index (χ0v) is 15.9. The Morgan fingerprint density at radius 3 is 2.27 bits per heavy atom. The molecule has 3 nitrogen and oxygen atoms in total. The summed E-state index contributed by atoms with van der Waals surface area (Å²) in [6.45, 7) is 2.54. The molecule has 2 aromatic carbocycles. The van der Waals surface area contributed by atoms with Crippen LogP contribution in [0.5, 0.6) is 0 Å². The maximum Gasteiger partial charge on any atom is 0.172 e. The van der Waals surface area contributed by atoms with Gasteiger partial charge in [0.15, 0.2) is 5.12 Å². The first-order chi connectivity index (χ1) is 12.2. The van der Waals surface area contributed by atoms with Crippen LogP contribution in [-0.4, -0.2) is 14.7 Å². The van der Waals surface area contributed by atoms with Crippen LogP contribution in [0.1, 0.15) is 5.69 Å². The van der Waals surface area contributed by atoms with Gasteiger partial charge in [-0.1, -0.05) is 36.4 Å². The zero-order chi connectivity index (χ0) is 17.2. The third kappa shape index (κ3) is 3.59. The van der Waals surface area contributed by atoms with Gasteiger partial charge in [0, 0.05) is 17.2 Å². The minimum atomic E-state index is -0.764. The highest BCUT2D eigenvalue weighted by Gasteiger charge is 2.26. The van der Waals surface area contributed by atoms with Crippen molar-refractivity contribution in [2.75, 3.05) is 4.31 Å². The number of anilines is 1. The van der Waals surface area contributed by atoms with Crippen LogP contribution < -0.4 is 4.31 Å². The lowest BCUT2D eigenvalue weighted by Crippen LogP contribution is -2.17. The molecule has 134 valence electrons. The molecule has 0 spiro atoms. The second-order valence-electron chi connectivity index (χ2n) is 5.85. The molecule has 1 aliphatic heterocycles. The average Bonchev–Trinajstić information content (AvgIpc) is 3.19. The molecule has 6 heteroatoms. The van der Waals surface area contributed by atoms with E-state index in [0.717, 1.165) is 22.0 Å². The second-order valence-corrected chi connectivity index (χ2v) is 7.65. The first kappa shape index (κ1) is 18.4. The third-order valence-electron chi connectivity index (χ3n) is 3.97. The van der Waals surface area contributed by atoms with E-state index in [0.29, 0.717) is 6.54 Å². The Morgan fingerprint density at radius 2 is 1.65 bits per heavy atom. The monoisotopic (exact) mass is 387 g/mol. The third-order valence-corrected chi connectivity index (χ3v) is 5.99. The predicted octanol–water partition coefficient (Wildman–Crippen LogP) is 5.36. The molecule has 0 radical (unpaired) electrons. The van der Waals surface area contributed by atoms with E-state index >= 15 is 0 Å². The van der Waals surface area contributed by atoms with Crippen LogP contribution in [0, 0.1) is 6.92 Å². The Labute approximate surface area is 161 Å². The van der Waals surface area contributed by atoms with E-state index in [4.69, 9.17) is 0 Å². The van der Waals surface area contributed by atoms with Crippen molar-refractivity contribution in [3.8, 4) is 0 Å². The molecular weight excluding hydrogens is 369 g/mol. The van der Waals surface area contributed by atoms with Gasteiger partial charge in [-0.05, 0) is 41.9 Å². The van der Waals surface area contributed by atoms with E-state index in [2.05, 4.69) is 9.29 Å². The number of imidazole rings is 1. The number of aryl methyl sites for hydroxylation is 1. The van der Waals surface area contributed by atoms with Crippen LogP contribution >= 0.6 is 23.1 Å². The lowest BCUT2D eigenvalue weighted by atomic mass is 10.3. The van der Waals surface area contributed by atoms with Gasteiger partial charge in [0.25, 0.3) is 0 Å². The fraction of sp³-hybridized carbons (Fsp3) is 0.100. The van der Waals surface area contributed by atoms with Crippen LogP contribution in [0.3, 0.4) is 0 Å². The van der Waals surface area contributed by atoms with Gasteiger partial charge < -0.3 is 4.57 Å². The zero-order valence-electron chi connectivity index (χ0n) is 14.2. The molecule has 0 N–H and O–H groups in total. The number of para-hydroxylation sites is 1. The van der Waals surface area contributed by atoms with Gasteiger partial charge in [-0.2, -0.15) is 4.39 Å². The number of benzene rings is 2. The minimum Gasteiger partial charge on any atom is -0.331 e. The molecule has 0 saturated carbocycles. The molecule has 0 aliphatic carbocycles. The molecule has 1 atom stereocenters. The van der Waals surface area contributed by atoms with Crippen molar-refractivity contribution < 1.29 is 4.39 Å². The highest BCUT2D eigenvalue weighted by Crippen LogP contribution is 2.44. The molecule has 0 amide bonds. The number of aromatic nitrogens is 2. The maximum absolute atomic E-state index is 15.0. The summed E-state index contributed by atoms with van der Waals surface area (Å²) in [7, 11) is -0.764. The summed E-state index contributed by atoms with van der Waals surface area (Å²) in [6, 6.07) is 19.8. The van der Waals surface area contributed by atoms with Crippen LogP contribution in [0.15, 0.2) is 89.9 Å². The lowest BCUT2D eigenvalue weighted by molar-refractivity contribution is 0.774. The van der Waals surface area contributed by atoms with Crippen molar-refractivity contribution in [2.45, 2.75) is 18.4 Å². The van der Waals surface area contributed by atoms with Crippen molar-refractivity contribution in [3.63, 3.8) is 0 Å². The molecule has 4 rings (SSSR count). The molecule has 1 aromatic heterocycles. The summed E-state index contributed by atoms with van der Waals surface area (Å²) in [5.74, 6) is 0. The molecule has 0 saturated heterocycles. The predicted molar refractivity (Wildman–Crippen MR) is 110 cm³/mol. The fourth-order valence-corrected chi connectivity index (χ4v) is 4.86. The van der Waals surface area contributed by atoms with Crippen molar-refractivity contribution in [1.29, 1.82) is 0 Å². The summed E-state index contributed by atoms with van der Waals surface area (Å²) in [4.78, 5) is 5.24. The fourth-order valence-electron chi connectivity index (χ4n) is 2.91. The molecule has 1 aliphatic rings. The van der Waals surface area contributed by atoms with E-state index in [-0.39, 0.29) is 17.5 Å². The quantitative estimate of drug-likeness (QED) is 0.444. The van der Waals surface area contributed by atoms with Gasteiger partial charge in [-0.3, -0.25) is 4.31 Å². The summed E-state index contributed by atoms with van der Waals surface area (Å²) in [5.41, 5.74) is 2.87. The highest BCUT2D eigenvalue weighted by atomic mass is 35.5. The first-order valence-corrected chi connectivity index (χ1v) is 9.26. The molecule has 1 unspecified atom stereocenters. The highest BCUT2D eigenvalue weighted by molar-refractivity contribution is 8.17. The molecule has 0 fully saturated rings. The van der Waals surface area contributed by atoms with E-state index < -0.39 is 10.7 Å². The van der Waals surface area contributed by atoms with Gasteiger partial charge >= 0.3 is 0 Å². The summed E-state index contributed by atoms with van der Waals surface area (Å²) >= 11 is 0. The standard InChI is InChI=1S/C20H18FN3S.ClH/c1-16-13-23(15-22-16)14-18-12-20(21)25(19-10-6-3-7-11-19)24(18)17-8-4-2-5-9-17;/h2-13,15H,14H2,1H3;1H. The summed E-state index contributed by atoms with van der Waals surface area (Å²) in [5, 5.41) is -0.109. The van der Waals surface area contributed by atoms with Crippen molar-refractivity contribution in [2.24, 2.45) is 0 Å². The topological polar surface area (TPSA) is 21.1 Å². The number of allylic oxidation sites excluding steroid dienone is 2. The molecule has 0 bridgehead atoms. The van der Waals surface area contributed by atoms with Gasteiger partial charge in [-0.15, -0.1) is 12.4 Å². The number of hydrogen-bond acceptors (Lipinski definition) is 2. The summed E-state index contributed by atoms with van der Waals surface area (Å²) < 4.78 is 19.0. The van der Waals surface area contributed by atoms with Crippen LogP contribution in [0.2, 0.25) is 0 Å². The largest absolute Gasteiger partial charge is 0.331 e. The SMILES string of the molecule is Cc1cn(CC2=CC(F)=S(c3ccccc3)N2c2ccccc2)cn1.Cl. The van der Waals surface area contributed by atoms with E-state index in [9.17, 15) is 4.39 Å². The smallest absolute Gasteiger partial charge is 0.172 e. The Morgan fingerprint density at radius 1 is 1.00 bits per heavy atom. The lowest BCUT2D eigenvalue weighted by Gasteiger charge is -2.27. The normalized spacial score (nSPS) is 16.4. The average molecular weight is 388 g/mol. The Hall–Kier alpha value is -2.37. The number of hydrogen-bond donors (Lipinski definition) is 0. The maximum atomic E-state index is 15.0. The number of rotatable bonds is 4. The first-order valence-electron chi connectivity index (χ1n) is 8.08. The van der Waals surface area contributed by atoms with Crippen molar-refractivity contribution in [3.05, 3.63) is 90.7 Å². The molecule has 2 heterocycles. The van der Waals surface area contributed by atoms with Gasteiger partial charge in [0.2, 0.25) is 0 Å². The van der Waals surface area contributed by atoms with Gasteiger partial charge in [-0.25, -0.2) is 4.98 Å². The van der Waals surface area contributed by atoms with Crippen molar-refractivity contribution >= 4 is 33.9 Å². The minimum absolute atomic E-state index is 0. The Balaban J connectivity index is 0.00000196. The number of nitrogens with zero attached hydrogens (tertiary/aromatic N) is 3. The summed E-state index contributed by atoms with van der Waals surface area (Å²) in [6.07, 6.45) is 5.43. The van der Waals surface area contributed by atoms with E-state index in [1.54, 1.807) is 12.4 Å². The second kappa shape index (κ2) is 7.89.